The van der Waals surface area contributed by atoms with Gasteiger partial charge >= 0.3 is 0 Å². The molecule has 1 aromatic heterocycles. The molecule has 2 aromatic carbocycles. The van der Waals surface area contributed by atoms with Crippen molar-refractivity contribution >= 4 is 34.6 Å². The molecule has 1 N–H and O–H groups in total. The van der Waals surface area contributed by atoms with Crippen LogP contribution in [0.2, 0.25) is 5.02 Å². The van der Waals surface area contributed by atoms with Crippen molar-refractivity contribution in [1.82, 2.24) is 4.98 Å². The van der Waals surface area contributed by atoms with Crippen LogP contribution in [0.1, 0.15) is 10.5 Å². The first kappa shape index (κ1) is 18.3. The van der Waals surface area contributed by atoms with E-state index in [-0.39, 0.29) is 5.91 Å². The number of hydrogen-bond acceptors (Lipinski definition) is 4. The van der Waals surface area contributed by atoms with Crippen molar-refractivity contribution in [3.63, 3.8) is 0 Å². The van der Waals surface area contributed by atoms with Crippen molar-refractivity contribution in [3.8, 4) is 0 Å². The van der Waals surface area contributed by atoms with E-state index in [1.165, 1.54) is 5.69 Å². The van der Waals surface area contributed by atoms with Crippen LogP contribution in [0.4, 0.5) is 17.1 Å². The average molecular weight is 393 g/mol. The predicted molar refractivity (Wildman–Crippen MR) is 115 cm³/mol. The lowest BCUT2D eigenvalue weighted by Crippen LogP contribution is -2.46. The topological polar surface area (TPSA) is 48.5 Å². The maximum Gasteiger partial charge on any atom is 0.274 e. The zero-order valence-corrected chi connectivity index (χ0v) is 16.1. The number of hydrogen-bond donors (Lipinski definition) is 1. The molecule has 1 aliphatic rings. The molecule has 142 valence electrons. The summed E-state index contributed by atoms with van der Waals surface area (Å²) in [6.45, 7) is 3.68. The quantitative estimate of drug-likeness (QED) is 0.718. The number of rotatable bonds is 4. The lowest BCUT2D eigenvalue weighted by molar-refractivity contribution is 0.102. The van der Waals surface area contributed by atoms with Crippen LogP contribution in [-0.4, -0.2) is 37.1 Å². The lowest BCUT2D eigenvalue weighted by Gasteiger charge is -2.37. The van der Waals surface area contributed by atoms with Crippen molar-refractivity contribution in [2.24, 2.45) is 0 Å². The van der Waals surface area contributed by atoms with Crippen molar-refractivity contribution < 1.29 is 4.79 Å². The molecule has 1 fully saturated rings. The summed E-state index contributed by atoms with van der Waals surface area (Å²) < 4.78 is 0. The lowest BCUT2D eigenvalue weighted by atomic mass is 10.2. The highest BCUT2D eigenvalue weighted by Gasteiger charge is 2.19. The Labute approximate surface area is 169 Å². The molecule has 28 heavy (non-hydrogen) atoms. The van der Waals surface area contributed by atoms with Gasteiger partial charge in [-0.1, -0.05) is 35.9 Å². The molecule has 4 rings (SSSR count). The first-order valence-corrected chi connectivity index (χ1v) is 9.65. The number of aromatic nitrogens is 1. The van der Waals surface area contributed by atoms with E-state index < -0.39 is 0 Å². The Bertz CT molecular complexity index is 956. The van der Waals surface area contributed by atoms with E-state index in [9.17, 15) is 4.79 Å². The van der Waals surface area contributed by atoms with E-state index in [2.05, 4.69) is 44.4 Å². The molecule has 0 saturated carbocycles. The number of nitrogens with one attached hydrogen (secondary N) is 1. The first-order chi connectivity index (χ1) is 13.7. The highest BCUT2D eigenvalue weighted by molar-refractivity contribution is 6.30. The second-order valence-corrected chi connectivity index (χ2v) is 7.11. The average Bonchev–Trinajstić information content (AvgIpc) is 2.75. The number of para-hydroxylation sites is 1. The predicted octanol–water partition coefficient (Wildman–Crippen LogP) is 4.31. The number of carbonyl (C=O) groups is 1. The van der Waals surface area contributed by atoms with E-state index in [4.69, 9.17) is 11.6 Å². The molecule has 0 aliphatic carbocycles. The van der Waals surface area contributed by atoms with Gasteiger partial charge < -0.3 is 15.1 Å². The summed E-state index contributed by atoms with van der Waals surface area (Å²) in [4.78, 5) is 21.5. The fraction of sp³-hybridized carbons (Fsp3) is 0.182. The van der Waals surface area contributed by atoms with Crippen LogP contribution in [0.5, 0.6) is 0 Å². The molecule has 0 radical (unpaired) electrons. The van der Waals surface area contributed by atoms with E-state index in [0.717, 1.165) is 31.9 Å². The number of amides is 1. The van der Waals surface area contributed by atoms with Crippen LogP contribution < -0.4 is 15.1 Å². The molecule has 1 saturated heterocycles. The highest BCUT2D eigenvalue weighted by atomic mass is 35.5. The van der Waals surface area contributed by atoms with Crippen molar-refractivity contribution in [2.45, 2.75) is 0 Å². The zero-order valence-electron chi connectivity index (χ0n) is 15.4. The van der Waals surface area contributed by atoms with Crippen LogP contribution in [-0.2, 0) is 0 Å². The summed E-state index contributed by atoms with van der Waals surface area (Å²) in [5.74, 6) is -0.243. The Morgan fingerprint density at radius 2 is 1.57 bits per heavy atom. The van der Waals surface area contributed by atoms with Crippen LogP contribution in [0, 0.1) is 0 Å². The Balaban J connectivity index is 1.42. The minimum atomic E-state index is -0.243. The minimum Gasteiger partial charge on any atom is -0.368 e. The van der Waals surface area contributed by atoms with Gasteiger partial charge in [-0.25, -0.2) is 0 Å². The third kappa shape index (κ3) is 4.26. The zero-order chi connectivity index (χ0) is 19.3. The maximum atomic E-state index is 12.6. The molecule has 0 atom stereocenters. The second-order valence-electron chi connectivity index (χ2n) is 6.67. The second kappa shape index (κ2) is 8.31. The Morgan fingerprint density at radius 1 is 0.857 bits per heavy atom. The normalized spacial score (nSPS) is 14.0. The van der Waals surface area contributed by atoms with Gasteiger partial charge in [-0.3, -0.25) is 9.78 Å². The minimum absolute atomic E-state index is 0.243. The molecule has 0 spiro atoms. The molecule has 3 aromatic rings. The summed E-state index contributed by atoms with van der Waals surface area (Å²) >= 11 is 5.98. The molecule has 2 heterocycles. The molecular formula is C22H21ClN4O. The van der Waals surface area contributed by atoms with E-state index in [1.807, 2.05) is 18.2 Å². The number of piperazine rings is 1. The van der Waals surface area contributed by atoms with E-state index in [0.29, 0.717) is 16.4 Å². The molecular weight excluding hydrogens is 372 g/mol. The van der Waals surface area contributed by atoms with Crippen molar-refractivity contribution in [3.05, 3.63) is 83.6 Å². The van der Waals surface area contributed by atoms with Gasteiger partial charge in [0.25, 0.3) is 5.91 Å². The van der Waals surface area contributed by atoms with Crippen LogP contribution in [0.3, 0.4) is 0 Å². The maximum absolute atomic E-state index is 12.6. The third-order valence-corrected chi connectivity index (χ3v) is 5.06. The number of carbonyl (C=O) groups excluding carboxylic acids is 1. The summed E-state index contributed by atoms with van der Waals surface area (Å²) in [5, 5.41) is 3.42. The molecule has 6 heteroatoms. The third-order valence-electron chi connectivity index (χ3n) is 4.82. The van der Waals surface area contributed by atoms with Crippen molar-refractivity contribution in [1.29, 1.82) is 0 Å². The van der Waals surface area contributed by atoms with Gasteiger partial charge in [0.1, 0.15) is 5.69 Å². The largest absolute Gasteiger partial charge is 0.368 e. The van der Waals surface area contributed by atoms with Crippen LogP contribution in [0.25, 0.3) is 0 Å². The van der Waals surface area contributed by atoms with Gasteiger partial charge in [0.15, 0.2) is 0 Å². The Kier molecular flexibility index (Phi) is 5.44. The van der Waals surface area contributed by atoms with Gasteiger partial charge in [-0.05, 0) is 42.5 Å². The summed E-state index contributed by atoms with van der Waals surface area (Å²) in [5.41, 5.74) is 3.31. The number of pyridine rings is 1. The molecule has 1 amide bonds. The SMILES string of the molecule is O=C(Nc1cccc(Cl)c1)c1cc(N2CCN(c3ccccc3)CC2)ccn1. The Morgan fingerprint density at radius 3 is 2.29 bits per heavy atom. The molecule has 1 aliphatic heterocycles. The summed E-state index contributed by atoms with van der Waals surface area (Å²) in [6, 6.07) is 21.3. The van der Waals surface area contributed by atoms with Crippen LogP contribution in [0.15, 0.2) is 72.9 Å². The molecule has 0 unspecified atom stereocenters. The summed E-state index contributed by atoms with van der Waals surface area (Å²) in [7, 11) is 0. The van der Waals surface area contributed by atoms with Gasteiger partial charge in [-0.15, -0.1) is 0 Å². The number of nitrogens with zero attached hydrogens (tertiary/aromatic N) is 3. The fourth-order valence-corrected chi connectivity index (χ4v) is 3.55. The molecule has 0 bridgehead atoms. The number of halogens is 1. The van der Waals surface area contributed by atoms with Gasteiger partial charge in [0.05, 0.1) is 0 Å². The highest BCUT2D eigenvalue weighted by Crippen LogP contribution is 2.21. The number of benzene rings is 2. The smallest absolute Gasteiger partial charge is 0.274 e. The van der Waals surface area contributed by atoms with Crippen molar-refractivity contribution in [2.75, 3.05) is 41.3 Å². The fourth-order valence-electron chi connectivity index (χ4n) is 3.36. The monoisotopic (exact) mass is 392 g/mol. The van der Waals surface area contributed by atoms with Crippen LogP contribution >= 0.6 is 11.6 Å². The van der Waals surface area contributed by atoms with E-state index >= 15 is 0 Å². The standard InChI is InChI=1S/C22H21ClN4O/c23-17-5-4-6-18(15-17)25-22(28)21-16-20(9-10-24-21)27-13-11-26(12-14-27)19-7-2-1-3-8-19/h1-10,15-16H,11-14H2,(H,25,28). The van der Waals surface area contributed by atoms with Gasteiger partial charge in [-0.2, -0.15) is 0 Å². The first-order valence-electron chi connectivity index (χ1n) is 9.27. The van der Waals surface area contributed by atoms with E-state index in [1.54, 1.807) is 30.5 Å². The summed E-state index contributed by atoms with van der Waals surface area (Å²) in [6.07, 6.45) is 1.69. The van der Waals surface area contributed by atoms with Gasteiger partial charge in [0.2, 0.25) is 0 Å². The molecule has 5 nitrogen and oxygen atoms in total. The number of anilines is 3. The van der Waals surface area contributed by atoms with Gasteiger partial charge in [0, 0.05) is 54.5 Å². The Hall–Kier alpha value is -3.05.